The second-order valence-electron chi connectivity index (χ2n) is 7.89. The van der Waals surface area contributed by atoms with Crippen LogP contribution in [0.15, 0.2) is 35.8 Å². The Balaban J connectivity index is 1.44. The molecule has 1 aromatic carbocycles. The van der Waals surface area contributed by atoms with Gasteiger partial charge in [-0.15, -0.1) is 11.3 Å². The molecule has 1 N–H and O–H groups in total. The van der Waals surface area contributed by atoms with Gasteiger partial charge in [-0.1, -0.05) is 6.07 Å². The number of anilines is 1. The van der Waals surface area contributed by atoms with Crippen LogP contribution in [0.25, 0.3) is 5.69 Å². The molecule has 1 aliphatic heterocycles. The lowest BCUT2D eigenvalue weighted by Gasteiger charge is -2.30. The van der Waals surface area contributed by atoms with E-state index in [1.807, 2.05) is 12.3 Å². The van der Waals surface area contributed by atoms with Gasteiger partial charge in [-0.25, -0.2) is 9.67 Å². The maximum Gasteiger partial charge on any atom is 0.416 e. The molecule has 2 aromatic heterocycles. The number of thiazole rings is 1. The molecule has 1 saturated heterocycles. The lowest BCUT2D eigenvalue weighted by molar-refractivity contribution is -0.137. The SMILES string of the molecule is COc1cn(-c2cccc(C(F)(F)F)c2)nc1C(=O)N1CCC(C(=O)Nc2nc(C)cs2)CC1. The average molecular weight is 494 g/mol. The van der Waals surface area contributed by atoms with Crippen LogP contribution >= 0.6 is 11.3 Å². The third kappa shape index (κ3) is 5.06. The van der Waals surface area contributed by atoms with Crippen molar-refractivity contribution in [3.63, 3.8) is 0 Å². The number of hydrogen-bond donors (Lipinski definition) is 1. The van der Waals surface area contributed by atoms with Crippen molar-refractivity contribution < 1.29 is 27.5 Å². The third-order valence-electron chi connectivity index (χ3n) is 5.54. The Bertz CT molecular complexity index is 1200. The maximum atomic E-state index is 13.1. The van der Waals surface area contributed by atoms with Crippen LogP contribution in [0, 0.1) is 12.8 Å². The Morgan fingerprint density at radius 3 is 2.59 bits per heavy atom. The number of aryl methyl sites for hydroxylation is 1. The van der Waals surface area contributed by atoms with Crippen molar-refractivity contribution in [2.75, 3.05) is 25.5 Å². The summed E-state index contributed by atoms with van der Waals surface area (Å²) >= 11 is 1.36. The Hall–Kier alpha value is -3.41. The van der Waals surface area contributed by atoms with Gasteiger partial charge in [-0.3, -0.25) is 9.59 Å². The van der Waals surface area contributed by atoms with Gasteiger partial charge in [0.1, 0.15) is 0 Å². The lowest BCUT2D eigenvalue weighted by Crippen LogP contribution is -2.41. The quantitative estimate of drug-likeness (QED) is 0.577. The number of carbonyl (C=O) groups is 2. The number of likely N-dealkylation sites (tertiary alicyclic amines) is 1. The molecule has 12 heteroatoms. The summed E-state index contributed by atoms with van der Waals surface area (Å²) in [6.45, 7) is 2.53. The number of ether oxygens (including phenoxy) is 1. The minimum Gasteiger partial charge on any atom is -0.493 e. The number of alkyl halides is 3. The number of nitrogens with zero attached hydrogens (tertiary/aromatic N) is 4. The lowest BCUT2D eigenvalue weighted by atomic mass is 9.96. The van der Waals surface area contributed by atoms with Crippen LogP contribution in [0.2, 0.25) is 0 Å². The molecule has 8 nitrogen and oxygen atoms in total. The number of aromatic nitrogens is 3. The van der Waals surface area contributed by atoms with Gasteiger partial charge in [0.15, 0.2) is 16.6 Å². The van der Waals surface area contributed by atoms with Crippen molar-refractivity contribution in [3.8, 4) is 11.4 Å². The molecule has 0 aliphatic carbocycles. The zero-order valence-electron chi connectivity index (χ0n) is 18.4. The standard InChI is InChI=1S/C22H22F3N5O3S/c1-13-12-34-21(26-13)27-19(31)14-6-8-29(9-7-14)20(32)18-17(33-2)11-30(28-18)16-5-3-4-15(10-16)22(23,24)25/h3-5,10-12,14H,6-9H2,1-2H3,(H,26,27,31). The molecule has 3 aromatic rings. The summed E-state index contributed by atoms with van der Waals surface area (Å²) in [4.78, 5) is 31.4. The number of halogens is 3. The van der Waals surface area contributed by atoms with E-state index in [0.29, 0.717) is 31.1 Å². The number of methoxy groups -OCH3 is 1. The first kappa shape index (κ1) is 23.7. The van der Waals surface area contributed by atoms with Gasteiger partial charge in [0.25, 0.3) is 5.91 Å². The molecule has 0 unspecified atom stereocenters. The van der Waals surface area contributed by atoms with Gasteiger partial charge < -0.3 is 15.0 Å². The van der Waals surface area contributed by atoms with E-state index < -0.39 is 17.6 Å². The van der Waals surface area contributed by atoms with Crippen LogP contribution in [0.3, 0.4) is 0 Å². The fourth-order valence-electron chi connectivity index (χ4n) is 3.73. The number of carbonyl (C=O) groups excluding carboxylic acids is 2. The zero-order valence-corrected chi connectivity index (χ0v) is 19.2. The van der Waals surface area contributed by atoms with Crippen molar-refractivity contribution in [2.45, 2.75) is 25.9 Å². The molecule has 1 aliphatic rings. The molecule has 180 valence electrons. The normalized spacial score (nSPS) is 14.8. The minimum absolute atomic E-state index is 0.000994. The molecule has 0 saturated carbocycles. The Labute approximate surface area is 197 Å². The smallest absolute Gasteiger partial charge is 0.416 e. The Morgan fingerprint density at radius 2 is 1.97 bits per heavy atom. The number of rotatable bonds is 5. The number of amides is 2. The van der Waals surface area contributed by atoms with Crippen molar-refractivity contribution >= 4 is 28.3 Å². The van der Waals surface area contributed by atoms with E-state index in [1.54, 1.807) is 4.90 Å². The zero-order chi connectivity index (χ0) is 24.5. The third-order valence-corrected chi connectivity index (χ3v) is 6.42. The van der Waals surface area contributed by atoms with Crippen LogP contribution in [-0.4, -0.2) is 51.7 Å². The fourth-order valence-corrected chi connectivity index (χ4v) is 4.42. The van der Waals surface area contributed by atoms with Crippen molar-refractivity contribution in [1.29, 1.82) is 0 Å². The number of nitrogens with one attached hydrogen (secondary N) is 1. The highest BCUT2D eigenvalue weighted by Gasteiger charge is 2.32. The molecule has 4 rings (SSSR count). The Morgan fingerprint density at radius 1 is 1.24 bits per heavy atom. The van der Waals surface area contributed by atoms with Gasteiger partial charge in [0.2, 0.25) is 5.91 Å². The molecule has 34 heavy (non-hydrogen) atoms. The van der Waals surface area contributed by atoms with E-state index in [-0.39, 0.29) is 29.0 Å². The predicted molar refractivity (Wildman–Crippen MR) is 119 cm³/mol. The molecule has 2 amide bonds. The molecular weight excluding hydrogens is 471 g/mol. The topological polar surface area (TPSA) is 89.4 Å². The first-order chi connectivity index (χ1) is 16.2. The first-order valence-corrected chi connectivity index (χ1v) is 11.4. The maximum absolute atomic E-state index is 13.1. The number of hydrogen-bond acceptors (Lipinski definition) is 6. The summed E-state index contributed by atoms with van der Waals surface area (Å²) in [6, 6.07) is 4.65. The Kier molecular flexibility index (Phi) is 6.60. The molecule has 3 heterocycles. The van der Waals surface area contributed by atoms with E-state index in [9.17, 15) is 22.8 Å². The van der Waals surface area contributed by atoms with Crippen LogP contribution < -0.4 is 10.1 Å². The summed E-state index contributed by atoms with van der Waals surface area (Å²) < 4.78 is 45.7. The molecule has 0 radical (unpaired) electrons. The van der Waals surface area contributed by atoms with Gasteiger partial charge in [-0.05, 0) is 38.0 Å². The summed E-state index contributed by atoms with van der Waals surface area (Å²) in [5.74, 6) is -0.635. The largest absolute Gasteiger partial charge is 0.493 e. The molecule has 0 atom stereocenters. The number of piperidine rings is 1. The van der Waals surface area contributed by atoms with Gasteiger partial charge in [0, 0.05) is 24.4 Å². The number of benzene rings is 1. The van der Waals surface area contributed by atoms with E-state index in [1.165, 1.54) is 41.5 Å². The highest BCUT2D eigenvalue weighted by atomic mass is 32.1. The van der Waals surface area contributed by atoms with E-state index in [4.69, 9.17) is 4.74 Å². The summed E-state index contributed by atoms with van der Waals surface area (Å²) in [6.07, 6.45) is -2.18. The van der Waals surface area contributed by atoms with Crippen LogP contribution in [-0.2, 0) is 11.0 Å². The molecule has 0 spiro atoms. The molecular formula is C22H22F3N5O3S. The fraction of sp³-hybridized carbons (Fsp3) is 0.364. The molecule has 0 bridgehead atoms. The van der Waals surface area contributed by atoms with Crippen LogP contribution in [0.1, 0.15) is 34.6 Å². The van der Waals surface area contributed by atoms with Gasteiger partial charge in [-0.2, -0.15) is 18.3 Å². The van der Waals surface area contributed by atoms with Gasteiger partial charge in [0.05, 0.1) is 30.3 Å². The summed E-state index contributed by atoms with van der Waals surface area (Å²) in [7, 11) is 1.36. The van der Waals surface area contributed by atoms with Gasteiger partial charge >= 0.3 is 6.18 Å². The van der Waals surface area contributed by atoms with E-state index in [2.05, 4.69) is 15.4 Å². The van der Waals surface area contributed by atoms with Crippen LogP contribution in [0.4, 0.5) is 18.3 Å². The van der Waals surface area contributed by atoms with Crippen molar-refractivity contribution in [3.05, 3.63) is 52.8 Å². The molecule has 1 fully saturated rings. The monoisotopic (exact) mass is 493 g/mol. The highest BCUT2D eigenvalue weighted by Crippen LogP contribution is 2.31. The van der Waals surface area contributed by atoms with Crippen molar-refractivity contribution in [2.24, 2.45) is 5.92 Å². The predicted octanol–water partition coefficient (Wildman–Crippen LogP) is 4.16. The summed E-state index contributed by atoms with van der Waals surface area (Å²) in [5, 5.41) is 9.42. The summed E-state index contributed by atoms with van der Waals surface area (Å²) in [5.41, 5.74) is 0.167. The minimum atomic E-state index is -4.50. The van der Waals surface area contributed by atoms with Crippen LogP contribution in [0.5, 0.6) is 5.75 Å². The van der Waals surface area contributed by atoms with E-state index in [0.717, 1.165) is 17.8 Å². The second-order valence-corrected chi connectivity index (χ2v) is 8.75. The highest BCUT2D eigenvalue weighted by molar-refractivity contribution is 7.13. The first-order valence-electron chi connectivity index (χ1n) is 10.5. The second kappa shape index (κ2) is 9.45. The average Bonchev–Trinajstić information content (AvgIpc) is 3.44. The van der Waals surface area contributed by atoms with Crippen molar-refractivity contribution in [1.82, 2.24) is 19.7 Å². The van der Waals surface area contributed by atoms with E-state index >= 15 is 0 Å².